The maximum atomic E-state index is 12.4. The molecule has 0 aliphatic rings. The summed E-state index contributed by atoms with van der Waals surface area (Å²) in [5.41, 5.74) is 2.46. The van der Waals surface area contributed by atoms with Crippen LogP contribution in [-0.2, 0) is 16.4 Å². The summed E-state index contributed by atoms with van der Waals surface area (Å²) in [6, 6.07) is 8.70. The van der Waals surface area contributed by atoms with E-state index in [2.05, 4.69) is 17.0 Å². The molecule has 1 unspecified atom stereocenters. The zero-order valence-electron chi connectivity index (χ0n) is 14.2. The Balaban J connectivity index is 2.12. The molecule has 0 spiro atoms. The summed E-state index contributed by atoms with van der Waals surface area (Å²) in [6.07, 6.45) is 2.02. The average Bonchev–Trinajstić information content (AvgIpc) is 2.87. The number of amides is 1. The highest BCUT2D eigenvalue weighted by Crippen LogP contribution is 2.24. The minimum absolute atomic E-state index is 0.114. The Bertz CT molecular complexity index is 841. The molecule has 0 saturated carbocycles. The number of thiophene rings is 1. The number of hydrogen-bond donors (Lipinski definition) is 2. The number of carbonyl (C=O) groups is 1. The van der Waals surface area contributed by atoms with Crippen LogP contribution in [0, 0.1) is 6.92 Å². The van der Waals surface area contributed by atoms with Crippen molar-refractivity contribution in [2.75, 3.05) is 11.0 Å². The van der Waals surface area contributed by atoms with Crippen LogP contribution in [0.15, 0.2) is 30.3 Å². The van der Waals surface area contributed by atoms with Crippen molar-refractivity contribution in [3.63, 3.8) is 0 Å². The van der Waals surface area contributed by atoms with Crippen molar-refractivity contribution in [1.29, 1.82) is 0 Å². The lowest BCUT2D eigenvalue weighted by Gasteiger charge is -2.15. The Morgan fingerprint density at radius 1 is 1.29 bits per heavy atom. The molecule has 1 atom stereocenters. The fourth-order valence-corrected chi connectivity index (χ4v) is 3.99. The minimum Gasteiger partial charge on any atom is -0.345 e. The predicted octanol–water partition coefficient (Wildman–Crippen LogP) is 3.48. The molecule has 0 saturated heterocycles. The number of hydrogen-bond acceptors (Lipinski definition) is 4. The molecule has 1 heterocycles. The SMILES string of the molecule is CCc1sc(C(=O)NC(C)c2cccc(NS(C)(=O)=O)c2)cc1C. The lowest BCUT2D eigenvalue weighted by molar-refractivity contribution is 0.0944. The molecule has 2 aromatic rings. The first kappa shape index (κ1) is 18.5. The van der Waals surface area contributed by atoms with E-state index in [1.54, 1.807) is 18.2 Å². The topological polar surface area (TPSA) is 75.3 Å². The van der Waals surface area contributed by atoms with Gasteiger partial charge < -0.3 is 5.32 Å². The van der Waals surface area contributed by atoms with Gasteiger partial charge in [-0.1, -0.05) is 19.1 Å². The molecule has 1 amide bonds. The zero-order chi connectivity index (χ0) is 17.9. The third kappa shape index (κ3) is 4.82. The molecule has 2 rings (SSSR count). The Morgan fingerprint density at radius 3 is 2.58 bits per heavy atom. The number of aryl methyl sites for hydroxylation is 2. The van der Waals surface area contributed by atoms with Crippen molar-refractivity contribution in [3.8, 4) is 0 Å². The van der Waals surface area contributed by atoms with E-state index >= 15 is 0 Å². The van der Waals surface area contributed by atoms with Gasteiger partial charge in [0.2, 0.25) is 10.0 Å². The lowest BCUT2D eigenvalue weighted by Crippen LogP contribution is -2.26. The average molecular weight is 367 g/mol. The van der Waals surface area contributed by atoms with E-state index in [0.717, 1.165) is 23.8 Å². The van der Waals surface area contributed by atoms with Crippen molar-refractivity contribution in [2.24, 2.45) is 0 Å². The monoisotopic (exact) mass is 366 g/mol. The fourth-order valence-electron chi connectivity index (χ4n) is 2.42. The molecule has 1 aromatic heterocycles. The van der Waals surface area contributed by atoms with E-state index in [4.69, 9.17) is 0 Å². The summed E-state index contributed by atoms with van der Waals surface area (Å²) in [5.74, 6) is -0.114. The summed E-state index contributed by atoms with van der Waals surface area (Å²) in [7, 11) is -3.33. The maximum Gasteiger partial charge on any atom is 0.261 e. The first-order chi connectivity index (χ1) is 11.2. The van der Waals surface area contributed by atoms with Gasteiger partial charge in [-0.3, -0.25) is 9.52 Å². The second-order valence-corrected chi connectivity index (χ2v) is 8.65. The van der Waals surface area contributed by atoms with Gasteiger partial charge in [0, 0.05) is 10.6 Å². The van der Waals surface area contributed by atoms with Gasteiger partial charge in [0.1, 0.15) is 0 Å². The molecule has 130 valence electrons. The second-order valence-electron chi connectivity index (χ2n) is 5.77. The third-order valence-corrected chi connectivity index (χ3v) is 5.59. The van der Waals surface area contributed by atoms with Crippen LogP contribution in [-0.4, -0.2) is 20.6 Å². The Morgan fingerprint density at radius 2 is 2.00 bits per heavy atom. The van der Waals surface area contributed by atoms with Crippen LogP contribution in [0.25, 0.3) is 0 Å². The first-order valence-electron chi connectivity index (χ1n) is 7.67. The molecule has 0 radical (unpaired) electrons. The Kier molecular flexibility index (Phi) is 5.66. The van der Waals surface area contributed by atoms with E-state index < -0.39 is 10.0 Å². The maximum absolute atomic E-state index is 12.4. The quantitative estimate of drug-likeness (QED) is 0.822. The summed E-state index contributed by atoms with van der Waals surface area (Å²) < 4.78 is 25.1. The van der Waals surface area contributed by atoms with Gasteiger partial charge in [0.05, 0.1) is 17.2 Å². The first-order valence-corrected chi connectivity index (χ1v) is 10.4. The minimum atomic E-state index is -3.33. The fraction of sp³-hybridized carbons (Fsp3) is 0.353. The Labute approximate surface area is 147 Å². The van der Waals surface area contributed by atoms with Gasteiger partial charge >= 0.3 is 0 Å². The largest absolute Gasteiger partial charge is 0.345 e. The molecule has 7 heteroatoms. The van der Waals surface area contributed by atoms with E-state index in [1.807, 2.05) is 26.0 Å². The van der Waals surface area contributed by atoms with Gasteiger partial charge in [-0.15, -0.1) is 11.3 Å². The van der Waals surface area contributed by atoms with Crippen molar-refractivity contribution in [1.82, 2.24) is 5.32 Å². The summed E-state index contributed by atoms with van der Waals surface area (Å²) in [5, 5.41) is 2.96. The predicted molar refractivity (Wildman–Crippen MR) is 99.2 cm³/mol. The van der Waals surface area contributed by atoms with Crippen molar-refractivity contribution >= 4 is 33.0 Å². The molecule has 2 N–H and O–H groups in total. The van der Waals surface area contributed by atoms with Crippen molar-refractivity contribution < 1.29 is 13.2 Å². The van der Waals surface area contributed by atoms with Crippen LogP contribution in [0.4, 0.5) is 5.69 Å². The van der Waals surface area contributed by atoms with Gasteiger partial charge in [-0.2, -0.15) is 0 Å². The summed E-state index contributed by atoms with van der Waals surface area (Å²) >= 11 is 1.51. The molecule has 0 aliphatic carbocycles. The molecular weight excluding hydrogens is 344 g/mol. The van der Waals surface area contributed by atoms with Crippen LogP contribution >= 0.6 is 11.3 Å². The van der Waals surface area contributed by atoms with Gasteiger partial charge in [-0.25, -0.2) is 8.42 Å². The molecule has 0 bridgehead atoms. The number of sulfonamides is 1. The number of anilines is 1. The Hall–Kier alpha value is -1.86. The standard InChI is InChI=1S/C17H22N2O3S2/c1-5-15-11(2)9-16(23-15)17(20)18-12(3)13-7-6-8-14(10-13)19-24(4,21)22/h6-10,12,19H,5H2,1-4H3,(H,18,20). The number of benzene rings is 1. The van der Waals surface area contributed by atoms with Gasteiger partial charge in [0.25, 0.3) is 5.91 Å². The molecule has 0 fully saturated rings. The van der Waals surface area contributed by atoms with Crippen molar-refractivity contribution in [2.45, 2.75) is 33.2 Å². The highest BCUT2D eigenvalue weighted by atomic mass is 32.2. The molecule has 0 aliphatic heterocycles. The van der Waals surface area contributed by atoms with Crippen LogP contribution in [0.5, 0.6) is 0 Å². The van der Waals surface area contributed by atoms with Gasteiger partial charge in [0.15, 0.2) is 0 Å². The van der Waals surface area contributed by atoms with Gasteiger partial charge in [-0.05, 0) is 49.6 Å². The lowest BCUT2D eigenvalue weighted by atomic mass is 10.1. The molecular formula is C17H22N2O3S2. The van der Waals surface area contributed by atoms with E-state index in [9.17, 15) is 13.2 Å². The highest BCUT2D eigenvalue weighted by Gasteiger charge is 2.15. The number of rotatable bonds is 6. The molecule has 24 heavy (non-hydrogen) atoms. The van der Waals surface area contributed by atoms with E-state index in [0.29, 0.717) is 10.6 Å². The van der Waals surface area contributed by atoms with Crippen LogP contribution < -0.4 is 10.0 Å². The zero-order valence-corrected chi connectivity index (χ0v) is 15.8. The number of nitrogens with one attached hydrogen (secondary N) is 2. The molecule has 1 aromatic carbocycles. The third-order valence-electron chi connectivity index (χ3n) is 3.60. The smallest absolute Gasteiger partial charge is 0.261 e. The van der Waals surface area contributed by atoms with Crippen LogP contribution in [0.1, 0.15) is 45.6 Å². The van der Waals surface area contributed by atoms with Crippen LogP contribution in [0.2, 0.25) is 0 Å². The number of carbonyl (C=O) groups excluding carboxylic acids is 1. The second kappa shape index (κ2) is 7.36. The van der Waals surface area contributed by atoms with E-state index in [-0.39, 0.29) is 11.9 Å². The van der Waals surface area contributed by atoms with E-state index in [1.165, 1.54) is 16.2 Å². The summed E-state index contributed by atoms with van der Waals surface area (Å²) in [4.78, 5) is 14.3. The normalized spacial score (nSPS) is 12.7. The highest BCUT2D eigenvalue weighted by molar-refractivity contribution is 7.92. The van der Waals surface area contributed by atoms with Crippen molar-refractivity contribution in [3.05, 3.63) is 51.2 Å². The van der Waals surface area contributed by atoms with Crippen LogP contribution in [0.3, 0.4) is 0 Å². The molecule has 5 nitrogen and oxygen atoms in total. The summed E-state index contributed by atoms with van der Waals surface area (Å²) in [6.45, 7) is 5.96.